The van der Waals surface area contributed by atoms with Gasteiger partial charge in [-0.15, -0.1) is 21.5 Å². The van der Waals surface area contributed by atoms with E-state index in [0.717, 1.165) is 111 Å². The number of nitrogens with two attached hydrogens (primary N) is 1. The Labute approximate surface area is 438 Å². The lowest BCUT2D eigenvalue weighted by molar-refractivity contribution is -0.152. The minimum absolute atomic E-state index is 0.0460. The zero-order valence-electron chi connectivity index (χ0n) is 43.4. The minimum atomic E-state index is -0.833. The zero-order chi connectivity index (χ0) is 51.8. The molecule has 5 aliphatic rings. The number of piperazine rings is 1. The van der Waals surface area contributed by atoms with E-state index in [1.54, 1.807) is 35.4 Å². The molecule has 18 heteroatoms. The normalized spacial score (nSPS) is 24.0. The molecule has 10 rings (SSSR count). The van der Waals surface area contributed by atoms with E-state index in [1.807, 2.05) is 88.1 Å². The maximum absolute atomic E-state index is 14.5. The number of aryl methyl sites for hydroxylation is 1. The number of piperidine rings is 1. The van der Waals surface area contributed by atoms with E-state index in [0.29, 0.717) is 42.0 Å². The van der Waals surface area contributed by atoms with Crippen LogP contribution < -0.4 is 20.9 Å². The number of amides is 3. The molecule has 17 nitrogen and oxygen atoms in total. The monoisotopic (exact) mass is 1020 g/mol. The van der Waals surface area contributed by atoms with Gasteiger partial charge in [0.25, 0.3) is 0 Å². The summed E-state index contributed by atoms with van der Waals surface area (Å²) in [6.45, 7) is 11.8. The van der Waals surface area contributed by atoms with Gasteiger partial charge in [0.15, 0.2) is 5.82 Å². The Balaban J connectivity index is 0.680. The number of nitrogens with one attached hydrogen (secondary N) is 1. The van der Waals surface area contributed by atoms with Crippen LogP contribution in [0.25, 0.3) is 21.7 Å². The molecule has 7 heterocycles. The lowest BCUT2D eigenvalue weighted by atomic mass is 9.81. The van der Waals surface area contributed by atoms with Crippen LogP contribution >= 0.6 is 11.3 Å². The summed E-state index contributed by atoms with van der Waals surface area (Å²) in [6, 6.07) is 16.4. The standard InChI is InChI=1S/C56H72N12O5S/c1-34-50(74-33-61-34)38-14-10-36(11-15-38)27-58-53(72)47-25-43(69)32-67(47)54(73)51(56(2,3)4)64(5)49(71)24-35-12-16-40(17-13-35)65-22-20-37(21-23-65)39-28-59-55(60-29-39)68-41-18-19-42(68)31-66(30-41)46-26-45(62-63-52(46)57)44-8-6-7-9-48(44)70/h6-11,14-15,26,28-29,33,35,37,40-43,47,51,69-70H,12-13,16-25,27,30-32H2,1-5H3,(H2,57,63)(H,58,72)/t35?,40?,41?,42?,43-,47+,51?/m1/s1. The van der Waals surface area contributed by atoms with Gasteiger partial charge in [0.1, 0.15) is 17.8 Å². The van der Waals surface area contributed by atoms with E-state index in [9.17, 15) is 24.6 Å². The second-order valence-electron chi connectivity index (χ2n) is 22.6. The predicted molar refractivity (Wildman–Crippen MR) is 287 cm³/mol. The molecule has 74 heavy (non-hydrogen) atoms. The first-order valence-corrected chi connectivity index (χ1v) is 27.5. The Kier molecular flexibility index (Phi) is 14.9. The van der Waals surface area contributed by atoms with Crippen molar-refractivity contribution in [2.45, 2.75) is 141 Å². The van der Waals surface area contributed by atoms with Gasteiger partial charge in [0, 0.05) is 82.2 Å². The number of phenolic OH excluding ortho intramolecular Hbond substituents is 1. The third kappa shape index (κ3) is 10.8. The van der Waals surface area contributed by atoms with Crippen molar-refractivity contribution < 1.29 is 24.6 Å². The Bertz CT molecular complexity index is 2770. The number of aromatic nitrogens is 5. The molecule has 1 saturated carbocycles. The van der Waals surface area contributed by atoms with Gasteiger partial charge in [-0.05, 0) is 124 Å². The molecule has 1 aliphatic carbocycles. The molecule has 0 spiro atoms. The third-order valence-corrected chi connectivity index (χ3v) is 17.6. The highest BCUT2D eigenvalue weighted by molar-refractivity contribution is 7.13. The van der Waals surface area contributed by atoms with E-state index >= 15 is 0 Å². The van der Waals surface area contributed by atoms with E-state index in [1.165, 1.54) is 10.5 Å². The number of likely N-dealkylation sites (tertiary alicyclic amines) is 2. The number of thiazole rings is 1. The number of benzene rings is 2. The first-order chi connectivity index (χ1) is 35.6. The number of nitrogen functional groups attached to an aromatic ring is 1. The average Bonchev–Trinajstić information content (AvgIpc) is 4.09. The van der Waals surface area contributed by atoms with Crippen molar-refractivity contribution in [1.82, 2.24) is 45.2 Å². The molecule has 5 fully saturated rings. The maximum Gasteiger partial charge on any atom is 0.246 e. The smallest absolute Gasteiger partial charge is 0.246 e. The molecule has 3 unspecified atom stereocenters. The fraction of sp³-hybridized carbons (Fsp3) is 0.536. The number of hydrogen-bond acceptors (Lipinski definition) is 15. The van der Waals surface area contributed by atoms with Gasteiger partial charge in [-0.25, -0.2) is 15.0 Å². The summed E-state index contributed by atoms with van der Waals surface area (Å²) in [6.07, 6.45) is 12.0. The summed E-state index contributed by atoms with van der Waals surface area (Å²) in [4.78, 5) is 68.1. The number of aromatic hydroxyl groups is 1. The van der Waals surface area contributed by atoms with Crippen molar-refractivity contribution >= 4 is 46.5 Å². The van der Waals surface area contributed by atoms with Crippen molar-refractivity contribution in [3.05, 3.63) is 89.3 Å². The molecule has 0 radical (unpaired) electrons. The Morgan fingerprint density at radius 3 is 2.20 bits per heavy atom. The molecule has 5 aromatic rings. The van der Waals surface area contributed by atoms with Crippen LogP contribution in [0.5, 0.6) is 5.75 Å². The number of rotatable bonds is 13. The van der Waals surface area contributed by atoms with Gasteiger partial charge >= 0.3 is 0 Å². The van der Waals surface area contributed by atoms with Gasteiger partial charge in [0.2, 0.25) is 23.7 Å². The number of aliphatic hydroxyl groups excluding tert-OH is 1. The van der Waals surface area contributed by atoms with Gasteiger partial charge < -0.3 is 45.8 Å². The van der Waals surface area contributed by atoms with Crippen molar-refractivity contribution in [2.24, 2.45) is 11.3 Å². The molecule has 392 valence electrons. The van der Waals surface area contributed by atoms with Crippen LogP contribution in [0.4, 0.5) is 17.5 Å². The summed E-state index contributed by atoms with van der Waals surface area (Å²) >= 11 is 1.59. The lowest BCUT2D eigenvalue weighted by Gasteiger charge is -2.42. The zero-order valence-corrected chi connectivity index (χ0v) is 44.3. The van der Waals surface area contributed by atoms with Crippen LogP contribution in [-0.4, -0.2) is 144 Å². The first-order valence-electron chi connectivity index (χ1n) is 26.6. The quantitative estimate of drug-likeness (QED) is 0.0958. The number of likely N-dealkylation sites (N-methyl/N-ethyl adjacent to an activating group) is 1. The summed E-state index contributed by atoms with van der Waals surface area (Å²) in [7, 11) is 1.73. The number of carbonyl (C=O) groups excluding carboxylic acids is 3. The topological polar surface area (TPSA) is 210 Å². The Morgan fingerprint density at radius 2 is 1.55 bits per heavy atom. The SMILES string of the molecule is Cc1ncsc1-c1ccc(CNC(=O)[C@@H]2C[C@@H](O)CN2C(=O)C(N(C)C(=O)CC2CCC(N3CCC(c4cnc(N5C6CCC5CN(c5cc(-c7ccccc7O)nnc5N)C6)nc4)CC3)CC2)C(C)(C)C)cc1. The second-order valence-corrected chi connectivity index (χ2v) is 23.4. The summed E-state index contributed by atoms with van der Waals surface area (Å²) < 4.78 is 0. The van der Waals surface area contributed by atoms with Crippen LogP contribution in [0.15, 0.2) is 72.5 Å². The molecule has 2 bridgehead atoms. The predicted octanol–water partition coefficient (Wildman–Crippen LogP) is 6.79. The molecule has 4 aliphatic heterocycles. The lowest BCUT2D eigenvalue weighted by Crippen LogP contribution is -2.58. The highest BCUT2D eigenvalue weighted by atomic mass is 32.1. The van der Waals surface area contributed by atoms with E-state index in [-0.39, 0.29) is 54.4 Å². The highest BCUT2D eigenvalue weighted by Crippen LogP contribution is 2.40. The fourth-order valence-corrected chi connectivity index (χ4v) is 13.5. The summed E-state index contributed by atoms with van der Waals surface area (Å²) in [5, 5.41) is 32.8. The van der Waals surface area contributed by atoms with Crippen molar-refractivity contribution in [2.75, 3.05) is 55.3 Å². The summed E-state index contributed by atoms with van der Waals surface area (Å²) in [5.74, 6) is 1.29. The minimum Gasteiger partial charge on any atom is -0.507 e. The summed E-state index contributed by atoms with van der Waals surface area (Å²) in [5.41, 5.74) is 13.8. The molecule has 5 N–H and O–H groups in total. The fourth-order valence-electron chi connectivity index (χ4n) is 12.7. The largest absolute Gasteiger partial charge is 0.507 e. The Morgan fingerprint density at radius 1 is 0.878 bits per heavy atom. The van der Waals surface area contributed by atoms with Gasteiger partial charge in [-0.3, -0.25) is 14.4 Å². The number of fused-ring (bicyclic) bond motifs is 2. The number of aliphatic hydroxyl groups is 1. The number of para-hydroxylation sites is 1. The Hall–Kier alpha value is -6.24. The third-order valence-electron chi connectivity index (χ3n) is 16.6. The van der Waals surface area contributed by atoms with Crippen LogP contribution in [0, 0.1) is 18.3 Å². The second kappa shape index (κ2) is 21.5. The number of hydrogen-bond donors (Lipinski definition) is 4. The number of carbonyl (C=O) groups is 3. The van der Waals surface area contributed by atoms with E-state index in [4.69, 9.17) is 15.7 Å². The van der Waals surface area contributed by atoms with Gasteiger partial charge in [0.05, 0.1) is 33.6 Å². The van der Waals surface area contributed by atoms with Crippen molar-refractivity contribution in [1.29, 1.82) is 0 Å². The number of phenols is 1. The number of β-amino-alcohol motifs (C(OH)–C–C–N with tert-alkyl or cyclic N) is 1. The van der Waals surface area contributed by atoms with Crippen LogP contribution in [-0.2, 0) is 20.9 Å². The molecular formula is C56H72N12O5S. The molecular weight excluding hydrogens is 953 g/mol. The van der Waals surface area contributed by atoms with Gasteiger partial charge in [-0.1, -0.05) is 57.2 Å². The molecule has 4 saturated heterocycles. The van der Waals surface area contributed by atoms with Crippen molar-refractivity contribution in [3.63, 3.8) is 0 Å². The molecule has 3 amide bonds. The number of anilines is 3. The van der Waals surface area contributed by atoms with Crippen LogP contribution in [0.1, 0.15) is 108 Å². The highest BCUT2D eigenvalue weighted by Gasteiger charge is 2.47. The first kappa shape index (κ1) is 51.3. The van der Waals surface area contributed by atoms with E-state index < -0.39 is 23.6 Å². The van der Waals surface area contributed by atoms with E-state index in [2.05, 4.69) is 35.2 Å². The molecule has 2 aromatic carbocycles. The molecule has 3 aromatic heterocycles. The number of nitrogens with zero attached hydrogens (tertiary/aromatic N) is 10. The van der Waals surface area contributed by atoms with Crippen LogP contribution in [0.3, 0.4) is 0 Å². The van der Waals surface area contributed by atoms with Crippen molar-refractivity contribution in [3.8, 4) is 27.4 Å². The maximum atomic E-state index is 14.5. The molecule has 5 atom stereocenters. The average molecular weight is 1030 g/mol. The van der Waals surface area contributed by atoms with Gasteiger partial charge in [-0.2, -0.15) is 0 Å². The van der Waals surface area contributed by atoms with Crippen LogP contribution in [0.2, 0.25) is 0 Å².